The van der Waals surface area contributed by atoms with Crippen molar-refractivity contribution in [3.05, 3.63) is 93.3 Å². The highest BCUT2D eigenvalue weighted by molar-refractivity contribution is 6.33. The smallest absolute Gasteiger partial charge is 0.358 e. The molecule has 2 heterocycles. The van der Waals surface area contributed by atoms with Gasteiger partial charge < -0.3 is 15.4 Å². The van der Waals surface area contributed by atoms with Crippen molar-refractivity contribution in [2.45, 2.75) is 64.0 Å². The minimum absolute atomic E-state index is 0.0276. The van der Waals surface area contributed by atoms with Gasteiger partial charge in [-0.2, -0.15) is 9.78 Å². The number of nitrogens with zero attached hydrogens (tertiary/aromatic N) is 5. The molecular weight excluding hydrogens is 552 g/mol. The Morgan fingerprint density at radius 1 is 1.05 bits per heavy atom. The normalized spacial score (nSPS) is 26.0. The van der Waals surface area contributed by atoms with Crippen LogP contribution in [0.3, 0.4) is 0 Å². The third-order valence-corrected chi connectivity index (χ3v) is 10.1. The third-order valence-electron chi connectivity index (χ3n) is 9.67. The largest absolute Gasteiger partial charge is 0.408 e. The fourth-order valence-electron chi connectivity index (χ4n) is 8.59. The SMILES string of the molecule is Cc1c(Cl)c([N+](=O)[O-])nn1C12CC3CC(CC(CC(=O)NCc4cn(-c5ccccc5)nc4-c4ccccc4)(C3)C1)C2. The van der Waals surface area contributed by atoms with Gasteiger partial charge in [0.2, 0.25) is 5.91 Å². The molecule has 0 spiro atoms. The van der Waals surface area contributed by atoms with E-state index in [1.165, 1.54) is 0 Å². The predicted octanol–water partition coefficient (Wildman–Crippen LogP) is 6.61. The number of rotatable bonds is 8. The van der Waals surface area contributed by atoms with Gasteiger partial charge in [-0.3, -0.25) is 4.79 Å². The van der Waals surface area contributed by atoms with Crippen LogP contribution in [0.25, 0.3) is 16.9 Å². The lowest BCUT2D eigenvalue weighted by Crippen LogP contribution is -2.57. The van der Waals surface area contributed by atoms with Crippen LogP contribution in [0.5, 0.6) is 0 Å². The Kier molecular flexibility index (Phi) is 6.46. The molecule has 2 unspecified atom stereocenters. The molecule has 0 aliphatic heterocycles. The first kappa shape index (κ1) is 26.9. The Hall–Kier alpha value is -3.98. The number of halogens is 1. The van der Waals surface area contributed by atoms with Gasteiger partial charge in [0.05, 0.1) is 27.7 Å². The molecule has 0 saturated heterocycles. The number of para-hydroxylation sites is 1. The summed E-state index contributed by atoms with van der Waals surface area (Å²) in [6.45, 7) is 2.20. The third kappa shape index (κ3) is 4.60. The number of carbonyl (C=O) groups is 1. The van der Waals surface area contributed by atoms with E-state index < -0.39 is 4.92 Å². The number of nitrogens with one attached hydrogen (secondary N) is 1. The van der Waals surface area contributed by atoms with Crippen molar-refractivity contribution in [2.75, 3.05) is 0 Å². The second kappa shape index (κ2) is 10.1. The first-order valence-electron chi connectivity index (χ1n) is 14.6. The quantitative estimate of drug-likeness (QED) is 0.185. The number of amides is 1. The van der Waals surface area contributed by atoms with Crippen LogP contribution in [-0.2, 0) is 16.9 Å². The first-order chi connectivity index (χ1) is 20.2. The summed E-state index contributed by atoms with van der Waals surface area (Å²) in [5.41, 5.74) is 3.93. The van der Waals surface area contributed by atoms with E-state index in [0.717, 1.165) is 61.0 Å². The molecule has 216 valence electrons. The highest BCUT2D eigenvalue weighted by Crippen LogP contribution is 2.65. The van der Waals surface area contributed by atoms with Gasteiger partial charge in [0.15, 0.2) is 5.02 Å². The van der Waals surface area contributed by atoms with Crippen LogP contribution in [0.2, 0.25) is 5.02 Å². The molecule has 1 N–H and O–H groups in total. The van der Waals surface area contributed by atoms with E-state index in [1.54, 1.807) is 0 Å². The molecule has 2 aromatic carbocycles. The van der Waals surface area contributed by atoms with E-state index in [-0.39, 0.29) is 27.7 Å². The van der Waals surface area contributed by atoms with Crippen molar-refractivity contribution >= 4 is 23.3 Å². The Bertz CT molecular complexity index is 1650. The molecule has 4 bridgehead atoms. The molecule has 4 aromatic rings. The van der Waals surface area contributed by atoms with Gasteiger partial charge in [0.25, 0.3) is 0 Å². The lowest BCUT2D eigenvalue weighted by molar-refractivity contribution is -0.389. The highest BCUT2D eigenvalue weighted by Gasteiger charge is 2.60. The van der Waals surface area contributed by atoms with Crippen LogP contribution in [0.15, 0.2) is 66.9 Å². The van der Waals surface area contributed by atoms with Crippen LogP contribution in [0.1, 0.15) is 56.2 Å². The molecule has 2 aromatic heterocycles. The van der Waals surface area contributed by atoms with Gasteiger partial charge in [-0.15, -0.1) is 0 Å². The number of carbonyl (C=O) groups excluding carboxylic acids is 1. The fraction of sp³-hybridized carbons (Fsp3) is 0.406. The van der Waals surface area contributed by atoms with Gasteiger partial charge in [-0.1, -0.05) is 60.1 Å². The van der Waals surface area contributed by atoms with Crippen molar-refractivity contribution in [3.63, 3.8) is 0 Å². The van der Waals surface area contributed by atoms with Gasteiger partial charge in [0.1, 0.15) is 0 Å². The summed E-state index contributed by atoms with van der Waals surface area (Å²) in [6, 6.07) is 20.0. The van der Waals surface area contributed by atoms with Gasteiger partial charge in [0, 0.05) is 30.3 Å². The zero-order valence-corrected chi connectivity index (χ0v) is 24.3. The van der Waals surface area contributed by atoms with E-state index in [1.807, 2.05) is 83.1 Å². The molecule has 0 radical (unpaired) electrons. The van der Waals surface area contributed by atoms with Crippen LogP contribution < -0.4 is 5.32 Å². The van der Waals surface area contributed by atoms with Crippen molar-refractivity contribution in [1.29, 1.82) is 0 Å². The van der Waals surface area contributed by atoms with Crippen LogP contribution in [0.4, 0.5) is 5.82 Å². The molecule has 42 heavy (non-hydrogen) atoms. The van der Waals surface area contributed by atoms with Gasteiger partial charge in [-0.05, 0) is 79.8 Å². The summed E-state index contributed by atoms with van der Waals surface area (Å²) in [5.74, 6) is 0.713. The maximum atomic E-state index is 13.6. The molecule has 9 nitrogen and oxygen atoms in total. The lowest BCUT2D eigenvalue weighted by Gasteiger charge is -2.61. The zero-order chi connectivity index (χ0) is 29.1. The number of benzene rings is 2. The average Bonchev–Trinajstić information content (AvgIpc) is 3.53. The average molecular weight is 585 g/mol. The first-order valence-corrected chi connectivity index (χ1v) is 15.0. The van der Waals surface area contributed by atoms with E-state index in [4.69, 9.17) is 16.7 Å². The summed E-state index contributed by atoms with van der Waals surface area (Å²) in [7, 11) is 0. The second-order valence-corrected chi connectivity index (χ2v) is 13.1. The summed E-state index contributed by atoms with van der Waals surface area (Å²) in [4.78, 5) is 24.7. The minimum atomic E-state index is -0.501. The molecule has 10 heteroatoms. The molecule has 2 atom stereocenters. The molecular formula is C32H33ClN6O3. The summed E-state index contributed by atoms with van der Waals surface area (Å²) >= 11 is 6.37. The van der Waals surface area contributed by atoms with Gasteiger partial charge >= 0.3 is 5.82 Å². The Labute approximate surface area is 249 Å². The number of hydrogen-bond acceptors (Lipinski definition) is 5. The number of hydrogen-bond donors (Lipinski definition) is 1. The summed E-state index contributed by atoms with van der Waals surface area (Å²) in [5, 5.41) is 24.2. The molecule has 4 saturated carbocycles. The summed E-state index contributed by atoms with van der Waals surface area (Å²) < 4.78 is 3.71. The lowest BCUT2D eigenvalue weighted by atomic mass is 9.46. The molecule has 4 aliphatic rings. The van der Waals surface area contributed by atoms with Crippen LogP contribution in [-0.4, -0.2) is 30.4 Å². The van der Waals surface area contributed by atoms with E-state index >= 15 is 0 Å². The second-order valence-electron chi connectivity index (χ2n) is 12.7. The molecule has 1 amide bonds. The molecule has 4 fully saturated rings. The number of nitro groups is 1. The topological polar surface area (TPSA) is 108 Å². The van der Waals surface area contributed by atoms with Gasteiger partial charge in [-0.25, -0.2) is 4.68 Å². The maximum Gasteiger partial charge on any atom is 0.408 e. The van der Waals surface area contributed by atoms with Crippen molar-refractivity contribution < 1.29 is 9.72 Å². The fourth-order valence-corrected chi connectivity index (χ4v) is 8.78. The Balaban J connectivity index is 1.12. The maximum absolute atomic E-state index is 13.6. The standard InChI is InChI=1S/C32H33ClN6O3/c1-21-28(33)30(39(41)42)36-38(21)32-15-22-12-23(16-32)14-31(13-22,20-32)17-27(40)34-18-25-19-37(26-10-6-3-7-11-26)35-29(25)24-8-4-2-5-9-24/h2-11,19,22-23H,12-18,20H2,1H3,(H,34,40). The Morgan fingerprint density at radius 3 is 2.36 bits per heavy atom. The predicted molar refractivity (Wildman–Crippen MR) is 159 cm³/mol. The monoisotopic (exact) mass is 584 g/mol. The zero-order valence-electron chi connectivity index (χ0n) is 23.5. The molecule has 4 aliphatic carbocycles. The van der Waals surface area contributed by atoms with Crippen LogP contribution in [0, 0.1) is 34.3 Å². The summed E-state index contributed by atoms with van der Waals surface area (Å²) in [6.07, 6.45) is 8.26. The van der Waals surface area contributed by atoms with E-state index in [2.05, 4.69) is 10.4 Å². The van der Waals surface area contributed by atoms with E-state index in [0.29, 0.717) is 30.5 Å². The highest BCUT2D eigenvalue weighted by atomic mass is 35.5. The van der Waals surface area contributed by atoms with Crippen LogP contribution >= 0.6 is 11.6 Å². The minimum Gasteiger partial charge on any atom is -0.358 e. The Morgan fingerprint density at radius 2 is 1.71 bits per heavy atom. The van der Waals surface area contributed by atoms with Crippen molar-refractivity contribution in [1.82, 2.24) is 24.9 Å². The van der Waals surface area contributed by atoms with Crippen molar-refractivity contribution in [3.8, 4) is 16.9 Å². The molecule has 8 rings (SSSR count). The number of aromatic nitrogens is 4. The van der Waals surface area contributed by atoms with E-state index in [9.17, 15) is 14.9 Å². The van der Waals surface area contributed by atoms with Crippen molar-refractivity contribution in [2.24, 2.45) is 17.3 Å².